The Morgan fingerprint density at radius 2 is 2.10 bits per heavy atom. The first-order valence-corrected chi connectivity index (χ1v) is 7.02. The van der Waals surface area contributed by atoms with Gasteiger partial charge in [-0.1, -0.05) is 18.5 Å². The normalized spacial score (nSPS) is 12.6. The SMILES string of the molecule is CCc1c(C)nc(-c2cc(OC)c3c(c2)OCO3)nc1Cl. The van der Waals surface area contributed by atoms with Gasteiger partial charge in [-0.3, -0.25) is 0 Å². The van der Waals surface area contributed by atoms with E-state index in [-0.39, 0.29) is 6.79 Å². The highest BCUT2D eigenvalue weighted by Crippen LogP contribution is 2.43. The molecule has 0 spiro atoms. The van der Waals surface area contributed by atoms with Gasteiger partial charge in [-0.25, -0.2) is 9.97 Å². The number of aryl methyl sites for hydroxylation is 1. The third kappa shape index (κ3) is 2.38. The molecule has 6 heteroatoms. The largest absolute Gasteiger partial charge is 0.493 e. The minimum Gasteiger partial charge on any atom is -0.493 e. The summed E-state index contributed by atoms with van der Waals surface area (Å²) in [5.41, 5.74) is 2.63. The van der Waals surface area contributed by atoms with Crippen LogP contribution < -0.4 is 14.2 Å². The van der Waals surface area contributed by atoms with Gasteiger partial charge in [0.15, 0.2) is 17.3 Å². The van der Waals surface area contributed by atoms with Gasteiger partial charge in [0.1, 0.15) is 5.15 Å². The summed E-state index contributed by atoms with van der Waals surface area (Å²) in [7, 11) is 1.58. The van der Waals surface area contributed by atoms with Crippen molar-refractivity contribution in [1.82, 2.24) is 9.97 Å². The molecule has 0 atom stereocenters. The summed E-state index contributed by atoms with van der Waals surface area (Å²) < 4.78 is 16.1. The fourth-order valence-corrected chi connectivity index (χ4v) is 2.70. The molecule has 0 radical (unpaired) electrons. The number of nitrogens with zero attached hydrogens (tertiary/aromatic N) is 2. The van der Waals surface area contributed by atoms with Gasteiger partial charge in [0.2, 0.25) is 12.5 Å². The number of fused-ring (bicyclic) bond motifs is 1. The van der Waals surface area contributed by atoms with Crippen molar-refractivity contribution in [2.24, 2.45) is 0 Å². The Morgan fingerprint density at radius 3 is 2.76 bits per heavy atom. The van der Waals surface area contributed by atoms with Gasteiger partial charge in [-0.15, -0.1) is 0 Å². The Bertz CT molecular complexity index is 681. The lowest BCUT2D eigenvalue weighted by molar-refractivity contribution is 0.171. The minimum absolute atomic E-state index is 0.185. The predicted octanol–water partition coefficient (Wildman–Crippen LogP) is 3.41. The zero-order valence-corrected chi connectivity index (χ0v) is 12.8. The standard InChI is InChI=1S/C15H15ClN2O3/c1-4-10-8(2)17-15(18-14(10)16)9-5-11(19-3)13-12(6-9)20-7-21-13/h5-6H,4,7H2,1-3H3. The first-order valence-electron chi connectivity index (χ1n) is 6.65. The maximum atomic E-state index is 6.24. The second kappa shape index (κ2) is 5.41. The maximum Gasteiger partial charge on any atom is 0.231 e. The summed E-state index contributed by atoms with van der Waals surface area (Å²) >= 11 is 6.24. The summed E-state index contributed by atoms with van der Waals surface area (Å²) in [5, 5.41) is 0.483. The molecule has 21 heavy (non-hydrogen) atoms. The number of ether oxygens (including phenoxy) is 3. The lowest BCUT2D eigenvalue weighted by atomic mass is 10.1. The molecule has 0 N–H and O–H groups in total. The topological polar surface area (TPSA) is 53.5 Å². The molecule has 0 amide bonds. The molecular weight excluding hydrogens is 292 g/mol. The maximum absolute atomic E-state index is 6.24. The van der Waals surface area contributed by atoms with E-state index >= 15 is 0 Å². The average Bonchev–Trinajstić information content (AvgIpc) is 2.94. The van der Waals surface area contributed by atoms with Crippen LogP contribution in [0.5, 0.6) is 17.2 Å². The van der Waals surface area contributed by atoms with Crippen LogP contribution in [0, 0.1) is 6.92 Å². The van der Waals surface area contributed by atoms with Crippen LogP contribution in [0.4, 0.5) is 0 Å². The number of rotatable bonds is 3. The zero-order chi connectivity index (χ0) is 15.0. The second-order valence-corrected chi connectivity index (χ2v) is 5.03. The van der Waals surface area contributed by atoms with E-state index in [1.807, 2.05) is 26.0 Å². The van der Waals surface area contributed by atoms with E-state index < -0.39 is 0 Å². The lowest BCUT2D eigenvalue weighted by Crippen LogP contribution is -1.99. The van der Waals surface area contributed by atoms with Gasteiger partial charge in [-0.2, -0.15) is 0 Å². The van der Waals surface area contributed by atoms with Gasteiger partial charge in [0.05, 0.1) is 7.11 Å². The quantitative estimate of drug-likeness (QED) is 0.813. The molecule has 0 aliphatic carbocycles. The van der Waals surface area contributed by atoms with Crippen LogP contribution in [-0.4, -0.2) is 23.9 Å². The Labute approximate surface area is 127 Å². The highest BCUT2D eigenvalue weighted by atomic mass is 35.5. The van der Waals surface area contributed by atoms with Gasteiger partial charge in [0.25, 0.3) is 0 Å². The van der Waals surface area contributed by atoms with E-state index in [1.165, 1.54) is 0 Å². The van der Waals surface area contributed by atoms with Crippen molar-refractivity contribution >= 4 is 11.6 Å². The van der Waals surface area contributed by atoms with E-state index in [1.54, 1.807) is 7.11 Å². The molecule has 0 unspecified atom stereocenters. The molecule has 1 aliphatic heterocycles. The Balaban J connectivity index is 2.13. The van der Waals surface area contributed by atoms with Crippen LogP contribution in [0.2, 0.25) is 5.15 Å². The summed E-state index contributed by atoms with van der Waals surface area (Å²) in [6, 6.07) is 3.66. The smallest absolute Gasteiger partial charge is 0.231 e. The number of hydrogen-bond donors (Lipinski definition) is 0. The number of aromatic nitrogens is 2. The van der Waals surface area contributed by atoms with Gasteiger partial charge < -0.3 is 14.2 Å². The van der Waals surface area contributed by atoms with Crippen LogP contribution in [0.3, 0.4) is 0 Å². The molecule has 0 saturated heterocycles. The molecule has 1 aromatic carbocycles. The van der Waals surface area contributed by atoms with Crippen molar-refractivity contribution in [3.8, 4) is 28.6 Å². The van der Waals surface area contributed by atoms with Crippen molar-refractivity contribution in [2.45, 2.75) is 20.3 Å². The molecule has 3 rings (SSSR count). The van der Waals surface area contributed by atoms with Crippen molar-refractivity contribution in [1.29, 1.82) is 0 Å². The molecule has 0 bridgehead atoms. The van der Waals surface area contributed by atoms with Gasteiger partial charge in [-0.05, 0) is 25.5 Å². The third-order valence-corrected chi connectivity index (χ3v) is 3.75. The first-order chi connectivity index (χ1) is 10.1. The monoisotopic (exact) mass is 306 g/mol. The molecule has 2 heterocycles. The van der Waals surface area contributed by atoms with E-state index in [4.69, 9.17) is 25.8 Å². The zero-order valence-electron chi connectivity index (χ0n) is 12.1. The summed E-state index contributed by atoms with van der Waals surface area (Å²) in [4.78, 5) is 8.91. The second-order valence-electron chi connectivity index (χ2n) is 4.67. The Kier molecular flexibility index (Phi) is 3.59. The van der Waals surface area contributed by atoms with Crippen LogP contribution in [-0.2, 0) is 6.42 Å². The molecular formula is C15H15ClN2O3. The predicted molar refractivity (Wildman–Crippen MR) is 79.3 cm³/mol. The van der Waals surface area contributed by atoms with Crippen molar-refractivity contribution < 1.29 is 14.2 Å². The molecule has 110 valence electrons. The van der Waals surface area contributed by atoms with E-state index in [2.05, 4.69) is 9.97 Å². The van der Waals surface area contributed by atoms with Crippen molar-refractivity contribution in [3.63, 3.8) is 0 Å². The summed E-state index contributed by atoms with van der Waals surface area (Å²) in [6.45, 7) is 4.14. The highest BCUT2D eigenvalue weighted by Gasteiger charge is 2.22. The number of halogens is 1. The average molecular weight is 307 g/mol. The molecule has 2 aromatic rings. The van der Waals surface area contributed by atoms with Crippen LogP contribution in [0.1, 0.15) is 18.2 Å². The lowest BCUT2D eigenvalue weighted by Gasteiger charge is -2.10. The third-order valence-electron chi connectivity index (χ3n) is 3.43. The number of methoxy groups -OCH3 is 1. The number of hydrogen-bond acceptors (Lipinski definition) is 5. The van der Waals surface area contributed by atoms with E-state index in [0.717, 1.165) is 23.2 Å². The van der Waals surface area contributed by atoms with Crippen molar-refractivity contribution in [3.05, 3.63) is 28.5 Å². The van der Waals surface area contributed by atoms with E-state index in [9.17, 15) is 0 Å². The fourth-order valence-electron chi connectivity index (χ4n) is 2.35. The molecule has 1 aromatic heterocycles. The molecule has 0 saturated carbocycles. The minimum atomic E-state index is 0.185. The molecule has 1 aliphatic rings. The fraction of sp³-hybridized carbons (Fsp3) is 0.333. The Morgan fingerprint density at radius 1 is 1.29 bits per heavy atom. The van der Waals surface area contributed by atoms with Crippen LogP contribution in [0.25, 0.3) is 11.4 Å². The van der Waals surface area contributed by atoms with Gasteiger partial charge >= 0.3 is 0 Å². The first kappa shape index (κ1) is 13.9. The van der Waals surface area contributed by atoms with Crippen LogP contribution >= 0.6 is 11.6 Å². The number of benzene rings is 1. The Hall–Kier alpha value is -2.01. The van der Waals surface area contributed by atoms with Gasteiger partial charge in [0, 0.05) is 16.8 Å². The molecule has 5 nitrogen and oxygen atoms in total. The van der Waals surface area contributed by atoms with E-state index in [0.29, 0.717) is 28.2 Å². The van der Waals surface area contributed by atoms with Crippen molar-refractivity contribution in [2.75, 3.05) is 13.9 Å². The summed E-state index contributed by atoms with van der Waals surface area (Å²) in [5.74, 6) is 2.37. The molecule has 0 fully saturated rings. The summed E-state index contributed by atoms with van der Waals surface area (Å²) in [6.07, 6.45) is 0.801. The van der Waals surface area contributed by atoms with Crippen LogP contribution in [0.15, 0.2) is 12.1 Å². The highest BCUT2D eigenvalue weighted by molar-refractivity contribution is 6.30.